The smallest absolute Gasteiger partial charge is 0.407 e. The Morgan fingerprint density at radius 2 is 1.53 bits per heavy atom. The first kappa shape index (κ1) is 25.3. The molecule has 0 aliphatic heterocycles. The fourth-order valence-electron chi connectivity index (χ4n) is 2.40. The molecule has 0 bridgehead atoms. The van der Waals surface area contributed by atoms with Crippen molar-refractivity contribution in [3.05, 3.63) is 29.8 Å². The minimum Gasteiger partial charge on any atom is -0.508 e. The number of phenolic OH excluding ortho intramolecular Hbond substituents is 1. The molecule has 0 aliphatic carbocycles. The number of ether oxygens (including phenoxy) is 3. The molecule has 1 rings (SSSR count). The van der Waals surface area contributed by atoms with Crippen LogP contribution in [0.5, 0.6) is 5.75 Å². The van der Waals surface area contributed by atoms with E-state index in [0.717, 1.165) is 5.56 Å². The average Bonchev–Trinajstić information content (AvgIpc) is 2.56. The van der Waals surface area contributed by atoms with E-state index in [9.17, 15) is 19.5 Å². The first-order valence-corrected chi connectivity index (χ1v) is 9.91. The second-order valence-corrected chi connectivity index (χ2v) is 8.93. The van der Waals surface area contributed by atoms with Crippen LogP contribution in [0.4, 0.5) is 4.79 Å². The van der Waals surface area contributed by atoms with Gasteiger partial charge >= 0.3 is 18.0 Å². The molecule has 1 aromatic carbocycles. The standard InChI is InChI=1S/C22H33NO7/c1-21(2,3)29-18(25)14-17(19(26)30-22(4,5)6)23-20(27)28-13-7-8-15-9-11-16(24)12-10-15/h9-12,17,24H,7-8,13-14H2,1-6H3,(H,23,27). The number of amides is 1. The predicted molar refractivity (Wildman–Crippen MR) is 111 cm³/mol. The van der Waals surface area contributed by atoms with Gasteiger partial charge in [0.1, 0.15) is 23.0 Å². The average molecular weight is 424 g/mol. The van der Waals surface area contributed by atoms with Crippen LogP contribution >= 0.6 is 0 Å². The van der Waals surface area contributed by atoms with Crippen molar-refractivity contribution in [3.63, 3.8) is 0 Å². The van der Waals surface area contributed by atoms with Crippen molar-refractivity contribution in [3.8, 4) is 5.75 Å². The van der Waals surface area contributed by atoms with Gasteiger partial charge in [0.05, 0.1) is 13.0 Å². The zero-order chi connectivity index (χ0) is 22.9. The number of benzene rings is 1. The van der Waals surface area contributed by atoms with Crippen molar-refractivity contribution in [1.29, 1.82) is 0 Å². The van der Waals surface area contributed by atoms with Crippen LogP contribution in [0.25, 0.3) is 0 Å². The van der Waals surface area contributed by atoms with E-state index in [4.69, 9.17) is 14.2 Å². The van der Waals surface area contributed by atoms with Crippen LogP contribution in [-0.2, 0) is 30.2 Å². The van der Waals surface area contributed by atoms with Crippen LogP contribution in [0.1, 0.15) is 59.9 Å². The zero-order valence-electron chi connectivity index (χ0n) is 18.6. The fourth-order valence-corrected chi connectivity index (χ4v) is 2.40. The molecule has 1 aromatic rings. The summed E-state index contributed by atoms with van der Waals surface area (Å²) in [6.07, 6.45) is 0.0250. The highest BCUT2D eigenvalue weighted by Gasteiger charge is 2.31. The van der Waals surface area contributed by atoms with Crippen molar-refractivity contribution < 1.29 is 33.7 Å². The largest absolute Gasteiger partial charge is 0.508 e. The second kappa shape index (κ2) is 10.8. The van der Waals surface area contributed by atoms with Gasteiger partial charge in [-0.3, -0.25) is 4.79 Å². The number of phenols is 1. The molecule has 0 saturated heterocycles. The molecule has 30 heavy (non-hydrogen) atoms. The molecule has 168 valence electrons. The van der Waals surface area contributed by atoms with Gasteiger partial charge in [0.25, 0.3) is 0 Å². The van der Waals surface area contributed by atoms with Gasteiger partial charge in [0.2, 0.25) is 0 Å². The first-order valence-electron chi connectivity index (χ1n) is 9.91. The molecule has 0 fully saturated rings. The molecule has 0 aliphatic rings. The SMILES string of the molecule is CC(C)(C)OC(=O)CC(NC(=O)OCCCc1ccc(O)cc1)C(=O)OC(C)(C)C. The summed E-state index contributed by atoms with van der Waals surface area (Å²) in [6.45, 7) is 10.3. The number of carbonyl (C=O) groups is 3. The Kier molecular flexibility index (Phi) is 9.14. The van der Waals surface area contributed by atoms with Crippen LogP contribution < -0.4 is 5.32 Å². The lowest BCUT2D eigenvalue weighted by Gasteiger charge is -2.25. The molecule has 0 radical (unpaired) electrons. The summed E-state index contributed by atoms with van der Waals surface area (Å²) >= 11 is 0. The van der Waals surface area contributed by atoms with Crippen LogP contribution in [0, 0.1) is 0 Å². The van der Waals surface area contributed by atoms with Crippen molar-refractivity contribution in [2.75, 3.05) is 6.61 Å². The Labute approximate surface area is 177 Å². The van der Waals surface area contributed by atoms with E-state index in [1.165, 1.54) is 0 Å². The van der Waals surface area contributed by atoms with Gasteiger partial charge in [-0.25, -0.2) is 9.59 Å². The summed E-state index contributed by atoms with van der Waals surface area (Å²) in [7, 11) is 0. The molecule has 8 heteroatoms. The molecular formula is C22H33NO7. The molecule has 0 spiro atoms. The third kappa shape index (κ3) is 11.3. The molecule has 1 unspecified atom stereocenters. The molecule has 1 amide bonds. The van der Waals surface area contributed by atoms with Crippen molar-refractivity contribution in [2.24, 2.45) is 0 Å². The Hall–Kier alpha value is -2.77. The number of rotatable bonds is 8. The van der Waals surface area contributed by atoms with E-state index in [2.05, 4.69) is 5.32 Å². The van der Waals surface area contributed by atoms with Gasteiger partial charge in [-0.05, 0) is 72.1 Å². The summed E-state index contributed by atoms with van der Waals surface area (Å²) in [5.41, 5.74) is -0.503. The third-order valence-corrected chi connectivity index (χ3v) is 3.55. The highest BCUT2D eigenvalue weighted by atomic mass is 16.6. The molecule has 0 saturated carbocycles. The van der Waals surface area contributed by atoms with E-state index in [-0.39, 0.29) is 18.8 Å². The third-order valence-electron chi connectivity index (χ3n) is 3.55. The molecule has 1 atom stereocenters. The van der Waals surface area contributed by atoms with Crippen LogP contribution in [0.3, 0.4) is 0 Å². The zero-order valence-corrected chi connectivity index (χ0v) is 18.6. The quantitative estimate of drug-likeness (QED) is 0.374. The van der Waals surface area contributed by atoms with E-state index < -0.39 is 35.3 Å². The number of hydrogen-bond donors (Lipinski definition) is 2. The number of alkyl carbamates (subject to hydrolysis) is 1. The highest BCUT2D eigenvalue weighted by Crippen LogP contribution is 2.14. The Morgan fingerprint density at radius 3 is 2.07 bits per heavy atom. The number of aryl methyl sites for hydroxylation is 1. The number of carbonyl (C=O) groups excluding carboxylic acids is 3. The summed E-state index contributed by atoms with van der Waals surface area (Å²) in [6, 6.07) is 5.53. The van der Waals surface area contributed by atoms with Crippen LogP contribution in [0.15, 0.2) is 24.3 Å². The summed E-state index contributed by atoms with van der Waals surface area (Å²) in [5.74, 6) is -1.19. The highest BCUT2D eigenvalue weighted by molar-refractivity contribution is 5.86. The van der Waals surface area contributed by atoms with E-state index in [1.807, 2.05) is 0 Å². The van der Waals surface area contributed by atoms with Crippen molar-refractivity contribution in [1.82, 2.24) is 5.32 Å². The molecule has 0 aromatic heterocycles. The van der Waals surface area contributed by atoms with Gasteiger partial charge in [-0.2, -0.15) is 0 Å². The Balaban J connectivity index is 2.58. The van der Waals surface area contributed by atoms with Gasteiger partial charge in [-0.1, -0.05) is 12.1 Å². The van der Waals surface area contributed by atoms with E-state index >= 15 is 0 Å². The summed E-state index contributed by atoms with van der Waals surface area (Å²) < 4.78 is 15.6. The fraction of sp³-hybridized carbons (Fsp3) is 0.591. The van der Waals surface area contributed by atoms with Gasteiger partial charge in [0, 0.05) is 0 Å². The van der Waals surface area contributed by atoms with Crippen LogP contribution in [0.2, 0.25) is 0 Å². The number of esters is 2. The lowest BCUT2D eigenvalue weighted by atomic mass is 10.1. The van der Waals surface area contributed by atoms with E-state index in [0.29, 0.717) is 12.8 Å². The lowest BCUT2D eigenvalue weighted by molar-refractivity contribution is -0.164. The normalized spacial score (nSPS) is 12.6. The monoisotopic (exact) mass is 423 g/mol. The molecule has 8 nitrogen and oxygen atoms in total. The molecule has 2 N–H and O–H groups in total. The summed E-state index contributed by atoms with van der Waals surface area (Å²) in [5, 5.41) is 11.7. The van der Waals surface area contributed by atoms with E-state index in [1.54, 1.807) is 65.8 Å². The maximum absolute atomic E-state index is 12.4. The van der Waals surface area contributed by atoms with Gasteiger partial charge in [0.15, 0.2) is 0 Å². The maximum Gasteiger partial charge on any atom is 0.407 e. The Bertz CT molecular complexity index is 714. The number of hydrogen-bond acceptors (Lipinski definition) is 7. The first-order chi connectivity index (χ1) is 13.7. The summed E-state index contributed by atoms with van der Waals surface area (Å²) in [4.78, 5) is 36.7. The van der Waals surface area contributed by atoms with Gasteiger partial charge in [-0.15, -0.1) is 0 Å². The van der Waals surface area contributed by atoms with Crippen molar-refractivity contribution >= 4 is 18.0 Å². The number of nitrogens with one attached hydrogen (secondary N) is 1. The van der Waals surface area contributed by atoms with Gasteiger partial charge < -0.3 is 24.6 Å². The van der Waals surface area contributed by atoms with Crippen LogP contribution in [-0.4, -0.2) is 47.0 Å². The maximum atomic E-state index is 12.4. The minimum absolute atomic E-state index is 0.125. The van der Waals surface area contributed by atoms with Crippen molar-refractivity contribution in [2.45, 2.75) is 78.0 Å². The second-order valence-electron chi connectivity index (χ2n) is 8.93. The molecule has 0 heterocycles. The molecular weight excluding hydrogens is 390 g/mol. The Morgan fingerprint density at radius 1 is 0.967 bits per heavy atom. The number of aromatic hydroxyl groups is 1. The minimum atomic E-state index is -1.22. The predicted octanol–water partition coefficient (Wildman–Crippen LogP) is 3.49. The lowest BCUT2D eigenvalue weighted by Crippen LogP contribution is -2.46. The topological polar surface area (TPSA) is 111 Å².